The summed E-state index contributed by atoms with van der Waals surface area (Å²) in [6.07, 6.45) is 3.54. The van der Waals surface area contributed by atoms with Gasteiger partial charge >= 0.3 is 0 Å². The van der Waals surface area contributed by atoms with Crippen LogP contribution < -0.4 is 10.1 Å². The minimum absolute atomic E-state index is 0.0656. The summed E-state index contributed by atoms with van der Waals surface area (Å²) in [5.74, 6) is 0.906. The van der Waals surface area contributed by atoms with Gasteiger partial charge in [-0.05, 0) is 85.7 Å². The minimum atomic E-state index is -0.0656. The SMILES string of the molecule is COc1ccc(C)cc1NC(=O)CSc1nc2cc3c(cc2cc1C)CCC3. The lowest BCUT2D eigenvalue weighted by atomic mass is 10.1. The molecule has 1 aliphatic rings. The van der Waals surface area contributed by atoms with Crippen LogP contribution in [0.1, 0.15) is 28.7 Å². The molecule has 0 radical (unpaired) electrons. The zero-order chi connectivity index (χ0) is 19.7. The normalized spacial score (nSPS) is 12.8. The number of anilines is 1. The van der Waals surface area contributed by atoms with E-state index in [1.165, 1.54) is 41.1 Å². The molecule has 1 N–H and O–H groups in total. The highest BCUT2D eigenvalue weighted by Crippen LogP contribution is 2.30. The van der Waals surface area contributed by atoms with E-state index in [9.17, 15) is 4.79 Å². The zero-order valence-electron chi connectivity index (χ0n) is 16.5. The maximum absolute atomic E-state index is 12.5. The molecular weight excluding hydrogens is 368 g/mol. The molecule has 0 bridgehead atoms. The van der Waals surface area contributed by atoms with E-state index in [1.54, 1.807) is 7.11 Å². The molecule has 0 spiro atoms. The van der Waals surface area contributed by atoms with Crippen LogP contribution in [0, 0.1) is 13.8 Å². The van der Waals surface area contributed by atoms with Gasteiger partial charge in [-0.25, -0.2) is 4.98 Å². The van der Waals surface area contributed by atoms with Crippen LogP contribution in [0.4, 0.5) is 5.69 Å². The smallest absolute Gasteiger partial charge is 0.234 e. The average Bonchev–Trinajstić information content (AvgIpc) is 3.12. The lowest BCUT2D eigenvalue weighted by Crippen LogP contribution is -2.15. The number of hydrogen-bond acceptors (Lipinski definition) is 4. The van der Waals surface area contributed by atoms with Crippen molar-refractivity contribution in [1.29, 1.82) is 0 Å². The quantitative estimate of drug-likeness (QED) is 0.615. The zero-order valence-corrected chi connectivity index (χ0v) is 17.3. The Bertz CT molecular complexity index is 1060. The van der Waals surface area contributed by atoms with Crippen molar-refractivity contribution in [1.82, 2.24) is 4.98 Å². The summed E-state index contributed by atoms with van der Waals surface area (Å²) in [7, 11) is 1.61. The molecule has 0 saturated heterocycles. The number of carbonyl (C=O) groups is 1. The van der Waals surface area contributed by atoms with Crippen LogP contribution in [-0.2, 0) is 17.6 Å². The van der Waals surface area contributed by atoms with Crippen molar-refractivity contribution in [2.24, 2.45) is 0 Å². The molecule has 4 nitrogen and oxygen atoms in total. The van der Waals surface area contributed by atoms with Crippen molar-refractivity contribution < 1.29 is 9.53 Å². The second-order valence-corrected chi connectivity index (χ2v) is 8.28. The molecule has 4 rings (SSSR count). The Hall–Kier alpha value is -2.53. The summed E-state index contributed by atoms with van der Waals surface area (Å²) in [5, 5.41) is 5.06. The molecule has 5 heteroatoms. The predicted octanol–water partition coefficient (Wildman–Crippen LogP) is 5.08. The maximum atomic E-state index is 12.5. The second kappa shape index (κ2) is 7.84. The molecule has 28 heavy (non-hydrogen) atoms. The van der Waals surface area contributed by atoms with Gasteiger partial charge in [0.05, 0.1) is 24.1 Å². The summed E-state index contributed by atoms with van der Waals surface area (Å²) < 4.78 is 5.33. The van der Waals surface area contributed by atoms with Crippen molar-refractivity contribution in [3.8, 4) is 5.75 Å². The molecule has 0 fully saturated rings. The maximum Gasteiger partial charge on any atom is 0.234 e. The number of pyridine rings is 1. The van der Waals surface area contributed by atoms with E-state index < -0.39 is 0 Å². The predicted molar refractivity (Wildman–Crippen MR) is 116 cm³/mol. The number of aryl methyl sites for hydroxylation is 4. The van der Waals surface area contributed by atoms with Crippen LogP contribution >= 0.6 is 11.8 Å². The first-order chi connectivity index (χ1) is 13.5. The Labute approximate surface area is 169 Å². The van der Waals surface area contributed by atoms with Crippen LogP contribution in [0.3, 0.4) is 0 Å². The third-order valence-corrected chi connectivity index (χ3v) is 6.23. The molecule has 1 aromatic heterocycles. The Morgan fingerprint density at radius 3 is 2.71 bits per heavy atom. The Morgan fingerprint density at radius 1 is 1.14 bits per heavy atom. The fourth-order valence-electron chi connectivity index (χ4n) is 3.72. The summed E-state index contributed by atoms with van der Waals surface area (Å²) >= 11 is 1.48. The monoisotopic (exact) mass is 392 g/mol. The number of rotatable bonds is 5. The molecule has 2 aromatic carbocycles. The van der Waals surface area contributed by atoms with Gasteiger partial charge in [0.15, 0.2) is 0 Å². The van der Waals surface area contributed by atoms with E-state index in [0.29, 0.717) is 17.2 Å². The van der Waals surface area contributed by atoms with Gasteiger partial charge in [-0.1, -0.05) is 17.8 Å². The van der Waals surface area contributed by atoms with Crippen molar-refractivity contribution in [2.45, 2.75) is 38.1 Å². The molecule has 1 amide bonds. The number of methoxy groups -OCH3 is 1. The van der Waals surface area contributed by atoms with Gasteiger partial charge in [-0.15, -0.1) is 0 Å². The lowest BCUT2D eigenvalue weighted by Gasteiger charge is -2.12. The summed E-state index contributed by atoms with van der Waals surface area (Å²) in [6.45, 7) is 4.05. The minimum Gasteiger partial charge on any atom is -0.495 e. The highest BCUT2D eigenvalue weighted by atomic mass is 32.2. The third-order valence-electron chi connectivity index (χ3n) is 5.14. The second-order valence-electron chi connectivity index (χ2n) is 7.32. The van der Waals surface area contributed by atoms with E-state index in [-0.39, 0.29) is 5.91 Å². The van der Waals surface area contributed by atoms with Gasteiger partial charge in [-0.3, -0.25) is 4.79 Å². The number of thioether (sulfide) groups is 1. The average molecular weight is 393 g/mol. The van der Waals surface area contributed by atoms with Crippen LogP contribution in [0.15, 0.2) is 41.4 Å². The van der Waals surface area contributed by atoms with Crippen LogP contribution in [0.25, 0.3) is 10.9 Å². The molecule has 0 atom stereocenters. The molecule has 0 saturated carbocycles. The molecule has 144 valence electrons. The van der Waals surface area contributed by atoms with Gasteiger partial charge in [0.1, 0.15) is 10.8 Å². The molecule has 0 aliphatic heterocycles. The van der Waals surface area contributed by atoms with Gasteiger partial charge in [0.25, 0.3) is 0 Å². The van der Waals surface area contributed by atoms with Gasteiger partial charge in [0.2, 0.25) is 5.91 Å². The summed E-state index contributed by atoms with van der Waals surface area (Å²) in [4.78, 5) is 17.3. The highest BCUT2D eigenvalue weighted by molar-refractivity contribution is 8.00. The molecular formula is C23H24N2O2S. The molecule has 3 aromatic rings. The van der Waals surface area contributed by atoms with Crippen molar-refractivity contribution >= 4 is 34.3 Å². The number of amides is 1. The summed E-state index contributed by atoms with van der Waals surface area (Å²) in [5.41, 5.74) is 6.78. The Morgan fingerprint density at radius 2 is 1.93 bits per heavy atom. The van der Waals surface area contributed by atoms with Gasteiger partial charge < -0.3 is 10.1 Å². The first-order valence-electron chi connectivity index (χ1n) is 9.54. The number of aromatic nitrogens is 1. The topological polar surface area (TPSA) is 51.2 Å². The third kappa shape index (κ3) is 3.85. The fourth-order valence-corrected chi connectivity index (χ4v) is 4.51. The van der Waals surface area contributed by atoms with E-state index in [1.807, 2.05) is 25.1 Å². The Kier molecular flexibility index (Phi) is 5.27. The van der Waals surface area contributed by atoms with Crippen LogP contribution in [0.2, 0.25) is 0 Å². The van der Waals surface area contributed by atoms with Gasteiger partial charge in [0, 0.05) is 5.39 Å². The molecule has 1 heterocycles. The largest absolute Gasteiger partial charge is 0.495 e. The van der Waals surface area contributed by atoms with Gasteiger partial charge in [-0.2, -0.15) is 0 Å². The standard InChI is InChI=1S/C23H24N2O2S/c1-14-7-8-21(27-3)20(9-14)24-22(26)13-28-23-15(2)10-18-11-16-5-4-6-17(16)12-19(18)25-23/h7-12H,4-6,13H2,1-3H3,(H,24,26). The number of carbonyl (C=O) groups excluding carboxylic acids is 1. The fraction of sp³-hybridized carbons (Fsp3) is 0.304. The van der Waals surface area contributed by atoms with Crippen molar-refractivity contribution in [2.75, 3.05) is 18.2 Å². The van der Waals surface area contributed by atoms with E-state index in [0.717, 1.165) is 28.1 Å². The lowest BCUT2D eigenvalue weighted by molar-refractivity contribution is -0.113. The summed E-state index contributed by atoms with van der Waals surface area (Å²) in [6, 6.07) is 12.4. The molecule has 1 aliphatic carbocycles. The number of hydrogen-bond donors (Lipinski definition) is 1. The van der Waals surface area contributed by atoms with Crippen LogP contribution in [0.5, 0.6) is 5.75 Å². The number of nitrogens with one attached hydrogen (secondary N) is 1. The van der Waals surface area contributed by atoms with E-state index >= 15 is 0 Å². The Balaban J connectivity index is 1.49. The van der Waals surface area contributed by atoms with E-state index in [2.05, 4.69) is 30.4 Å². The first kappa shape index (κ1) is 18.8. The number of fused-ring (bicyclic) bond motifs is 2. The van der Waals surface area contributed by atoms with E-state index in [4.69, 9.17) is 9.72 Å². The number of ether oxygens (including phenoxy) is 1. The van der Waals surface area contributed by atoms with Crippen molar-refractivity contribution in [3.63, 3.8) is 0 Å². The van der Waals surface area contributed by atoms with Crippen molar-refractivity contribution in [3.05, 3.63) is 58.7 Å². The van der Waals surface area contributed by atoms with Crippen LogP contribution in [-0.4, -0.2) is 23.8 Å². The number of benzene rings is 2. The number of nitrogens with zero attached hydrogens (tertiary/aromatic N) is 1. The molecule has 0 unspecified atom stereocenters. The first-order valence-corrected chi connectivity index (χ1v) is 10.5. The highest BCUT2D eigenvalue weighted by Gasteiger charge is 2.14.